The zero-order valence-electron chi connectivity index (χ0n) is 19.2. The number of ether oxygens (including phenoxy) is 1. The van der Waals surface area contributed by atoms with Crippen molar-refractivity contribution in [2.24, 2.45) is 11.3 Å². The van der Waals surface area contributed by atoms with Gasteiger partial charge in [-0.2, -0.15) is 0 Å². The second-order valence-electron chi connectivity index (χ2n) is 8.99. The molecule has 2 unspecified atom stereocenters. The maximum atomic E-state index is 14.9. The molecule has 1 saturated carbocycles. The van der Waals surface area contributed by atoms with Gasteiger partial charge in [-0.15, -0.1) is 0 Å². The molecule has 2 N–H and O–H groups in total. The average Bonchev–Trinajstić information content (AvgIpc) is 3.65. The lowest BCUT2D eigenvalue weighted by Gasteiger charge is -2.20. The summed E-state index contributed by atoms with van der Waals surface area (Å²) in [5, 5.41) is 6.52. The second kappa shape index (κ2) is 9.35. The topological polar surface area (TPSA) is 80.3 Å². The van der Waals surface area contributed by atoms with Crippen molar-refractivity contribution in [2.75, 3.05) is 5.32 Å². The Morgan fingerprint density at radius 2 is 1.86 bits per heavy atom. The number of halogens is 3. The largest absolute Gasteiger partial charge is 0.454 e. The van der Waals surface area contributed by atoms with Crippen molar-refractivity contribution in [3.63, 3.8) is 0 Å². The average molecular weight is 510 g/mol. The van der Waals surface area contributed by atoms with Crippen LogP contribution in [0.25, 0.3) is 10.9 Å². The van der Waals surface area contributed by atoms with Gasteiger partial charge >= 0.3 is 0 Å². The highest BCUT2D eigenvalue weighted by atomic mass is 35.5. The van der Waals surface area contributed by atoms with E-state index in [0.29, 0.717) is 40.2 Å². The number of alkyl halides is 1. The van der Waals surface area contributed by atoms with E-state index in [2.05, 4.69) is 15.6 Å². The number of pyridine rings is 1. The molecule has 36 heavy (non-hydrogen) atoms. The molecule has 0 saturated heterocycles. The van der Waals surface area contributed by atoms with Crippen LogP contribution < -0.4 is 15.4 Å². The Kier molecular flexibility index (Phi) is 6.22. The highest BCUT2D eigenvalue weighted by Crippen LogP contribution is 2.47. The molecule has 9 heteroatoms. The summed E-state index contributed by atoms with van der Waals surface area (Å²) >= 11 is 6.01. The molecule has 2 aliphatic carbocycles. The summed E-state index contributed by atoms with van der Waals surface area (Å²) in [4.78, 5) is 30.0. The number of carbonyl (C=O) groups is 2. The molecular weight excluding hydrogens is 488 g/mol. The van der Waals surface area contributed by atoms with E-state index in [-0.39, 0.29) is 17.4 Å². The first-order chi connectivity index (χ1) is 17.2. The zero-order chi connectivity index (χ0) is 25.4. The number of anilines is 1. The van der Waals surface area contributed by atoms with Crippen molar-refractivity contribution in [1.29, 1.82) is 0 Å². The number of hydrogen-bond acceptors (Lipinski definition) is 4. The van der Waals surface area contributed by atoms with Crippen LogP contribution in [-0.2, 0) is 9.59 Å². The minimum Gasteiger partial charge on any atom is -0.454 e. The molecule has 2 aromatic carbocycles. The number of amides is 2. The molecule has 0 aliphatic heterocycles. The Morgan fingerprint density at radius 3 is 2.58 bits per heavy atom. The summed E-state index contributed by atoms with van der Waals surface area (Å²) in [6.45, 7) is 1.70. The van der Waals surface area contributed by atoms with E-state index in [1.807, 2.05) is 0 Å². The summed E-state index contributed by atoms with van der Waals surface area (Å²) in [5.74, 6) is -1.69. The van der Waals surface area contributed by atoms with Gasteiger partial charge in [0.2, 0.25) is 11.8 Å². The van der Waals surface area contributed by atoms with Gasteiger partial charge in [0.05, 0.1) is 5.52 Å². The van der Waals surface area contributed by atoms with Crippen molar-refractivity contribution >= 4 is 40.0 Å². The van der Waals surface area contributed by atoms with Gasteiger partial charge in [-0.3, -0.25) is 14.6 Å². The third-order valence-electron chi connectivity index (χ3n) is 6.36. The standard InChI is InChI=1S/C27H22ClF2N3O3/c1-15-12-17(3-6-20(15)29)32-25(34)27(9-10-27)26(35)33-18-4-7-24(21(30)14-18)36-23-8-11-31-22-13-16(28)2-5-19(22)23/h2-8,11-15,20H,9-10H2,1H3,(H,32,34)(H,33,35). The number of nitrogens with one attached hydrogen (secondary N) is 2. The van der Waals surface area contributed by atoms with E-state index >= 15 is 0 Å². The Balaban J connectivity index is 1.27. The number of fused-ring (bicyclic) bond motifs is 1. The smallest absolute Gasteiger partial charge is 0.240 e. The van der Waals surface area contributed by atoms with E-state index in [9.17, 15) is 18.4 Å². The van der Waals surface area contributed by atoms with Crippen LogP contribution in [0.15, 0.2) is 72.6 Å². The second-order valence-corrected chi connectivity index (χ2v) is 9.43. The fourth-order valence-electron chi connectivity index (χ4n) is 4.03. The summed E-state index contributed by atoms with van der Waals surface area (Å²) in [6.07, 6.45) is 5.64. The quantitative estimate of drug-likeness (QED) is 0.394. The van der Waals surface area contributed by atoms with Gasteiger partial charge in [0.1, 0.15) is 17.3 Å². The SMILES string of the molecule is CC1C=C(NC(=O)C2(C(=O)Nc3ccc(Oc4ccnc5cc(Cl)ccc45)c(F)c3)CC2)C=CC1F. The van der Waals surface area contributed by atoms with Gasteiger partial charge in [-0.1, -0.05) is 24.6 Å². The molecule has 1 fully saturated rings. The fourth-order valence-corrected chi connectivity index (χ4v) is 4.20. The van der Waals surface area contributed by atoms with Crippen LogP contribution in [0.5, 0.6) is 11.5 Å². The molecule has 3 aromatic rings. The lowest BCUT2D eigenvalue weighted by atomic mass is 9.98. The predicted octanol–water partition coefficient (Wildman–Crippen LogP) is 6.08. The van der Waals surface area contributed by atoms with Crippen LogP contribution in [-0.4, -0.2) is 23.0 Å². The van der Waals surface area contributed by atoms with Crippen molar-refractivity contribution in [3.8, 4) is 11.5 Å². The molecular formula is C27H22ClF2N3O3. The minimum atomic E-state index is -1.24. The van der Waals surface area contributed by atoms with Crippen molar-refractivity contribution in [3.05, 3.63) is 83.4 Å². The molecule has 0 radical (unpaired) electrons. The molecule has 0 bridgehead atoms. The molecule has 0 spiro atoms. The lowest BCUT2D eigenvalue weighted by Crippen LogP contribution is -2.39. The number of hydrogen-bond donors (Lipinski definition) is 2. The van der Waals surface area contributed by atoms with E-state index in [0.717, 1.165) is 6.07 Å². The Morgan fingerprint density at radius 1 is 1.08 bits per heavy atom. The van der Waals surface area contributed by atoms with Crippen LogP contribution in [0.2, 0.25) is 5.02 Å². The van der Waals surface area contributed by atoms with Crippen molar-refractivity contribution < 1.29 is 23.1 Å². The van der Waals surface area contributed by atoms with Crippen LogP contribution >= 0.6 is 11.6 Å². The van der Waals surface area contributed by atoms with Crippen molar-refractivity contribution in [2.45, 2.75) is 25.9 Å². The summed E-state index contributed by atoms with van der Waals surface area (Å²) < 4.78 is 34.2. The summed E-state index contributed by atoms with van der Waals surface area (Å²) in [6, 6.07) is 10.8. The number of rotatable bonds is 6. The Labute approximate surface area is 211 Å². The number of allylic oxidation sites excluding steroid dienone is 3. The monoisotopic (exact) mass is 509 g/mol. The molecule has 1 aromatic heterocycles. The van der Waals surface area contributed by atoms with Gasteiger partial charge in [-0.25, -0.2) is 8.78 Å². The van der Waals surface area contributed by atoms with Gasteiger partial charge in [0.25, 0.3) is 0 Å². The number of nitrogens with zero attached hydrogens (tertiary/aromatic N) is 1. The van der Waals surface area contributed by atoms with Gasteiger partial charge in [0, 0.05) is 40.0 Å². The minimum absolute atomic E-state index is 0.0364. The van der Waals surface area contributed by atoms with Crippen LogP contribution in [0.3, 0.4) is 0 Å². The highest BCUT2D eigenvalue weighted by molar-refractivity contribution is 6.31. The van der Waals surface area contributed by atoms with E-state index in [1.54, 1.807) is 37.3 Å². The van der Waals surface area contributed by atoms with Crippen molar-refractivity contribution in [1.82, 2.24) is 10.3 Å². The van der Waals surface area contributed by atoms with E-state index < -0.39 is 29.2 Å². The Bertz CT molecular complexity index is 1440. The van der Waals surface area contributed by atoms with Gasteiger partial charge in [0.15, 0.2) is 11.6 Å². The van der Waals surface area contributed by atoms with Crippen LogP contribution in [0, 0.1) is 17.2 Å². The Hall–Kier alpha value is -3.78. The fraction of sp³-hybridized carbons (Fsp3) is 0.222. The van der Waals surface area contributed by atoms with Gasteiger partial charge < -0.3 is 15.4 Å². The predicted molar refractivity (Wildman–Crippen MR) is 133 cm³/mol. The lowest BCUT2D eigenvalue weighted by molar-refractivity contribution is -0.133. The third-order valence-corrected chi connectivity index (χ3v) is 6.59. The molecule has 184 valence electrons. The first kappa shape index (κ1) is 23.9. The third kappa shape index (κ3) is 4.68. The highest BCUT2D eigenvalue weighted by Gasteiger charge is 2.56. The van der Waals surface area contributed by atoms with Crippen LogP contribution in [0.4, 0.5) is 14.5 Å². The van der Waals surface area contributed by atoms with E-state index in [1.165, 1.54) is 30.5 Å². The first-order valence-corrected chi connectivity index (χ1v) is 11.8. The molecule has 2 aliphatic rings. The first-order valence-electron chi connectivity index (χ1n) is 11.4. The number of aromatic nitrogens is 1. The summed E-state index contributed by atoms with van der Waals surface area (Å²) in [7, 11) is 0. The molecule has 2 amide bonds. The maximum Gasteiger partial charge on any atom is 0.240 e. The number of benzene rings is 2. The molecule has 6 nitrogen and oxygen atoms in total. The maximum absolute atomic E-state index is 14.9. The normalized spacial score (nSPS) is 19.9. The number of carbonyl (C=O) groups excluding carboxylic acids is 2. The van der Waals surface area contributed by atoms with Gasteiger partial charge in [-0.05, 0) is 61.4 Å². The molecule has 2 atom stereocenters. The van der Waals surface area contributed by atoms with Crippen LogP contribution in [0.1, 0.15) is 19.8 Å². The molecule has 5 rings (SSSR count). The molecule has 1 heterocycles. The summed E-state index contributed by atoms with van der Waals surface area (Å²) in [5.41, 5.74) is 0.0172. The van der Waals surface area contributed by atoms with E-state index in [4.69, 9.17) is 16.3 Å². The zero-order valence-corrected chi connectivity index (χ0v) is 20.0.